The van der Waals surface area contributed by atoms with Crippen LogP contribution in [0.2, 0.25) is 0 Å². The molecule has 0 amide bonds. The van der Waals surface area contributed by atoms with Crippen LogP contribution in [0.1, 0.15) is 0 Å². The van der Waals surface area contributed by atoms with Crippen molar-refractivity contribution >= 4 is 0 Å². The van der Waals surface area contributed by atoms with Gasteiger partial charge in [0.25, 0.3) is 0 Å². The first kappa shape index (κ1) is 19.4. The predicted molar refractivity (Wildman–Crippen MR) is 99.4 cm³/mol. The number of hydrogen-bond acceptors (Lipinski definition) is 9. The minimum absolute atomic E-state index is 0.404. The number of rotatable bonds is 5. The van der Waals surface area contributed by atoms with Gasteiger partial charge in [-0.05, 0) is 28.5 Å². The van der Waals surface area contributed by atoms with E-state index in [0.29, 0.717) is 11.6 Å². The Labute approximate surface area is 165 Å². The number of benzene rings is 2. The number of aliphatic hydroxyl groups excluding tert-OH is 4. The van der Waals surface area contributed by atoms with E-state index in [1.807, 2.05) is 36.4 Å². The van der Waals surface area contributed by atoms with Crippen molar-refractivity contribution in [3.63, 3.8) is 0 Å². The summed E-state index contributed by atoms with van der Waals surface area (Å²) in [7, 11) is 0. The van der Waals surface area contributed by atoms with Gasteiger partial charge in [0.05, 0.1) is 6.61 Å². The summed E-state index contributed by atoms with van der Waals surface area (Å²) in [6.07, 6.45) is -6.60. The molecule has 3 aromatic rings. The lowest BCUT2D eigenvalue weighted by atomic mass is 9.99. The van der Waals surface area contributed by atoms with E-state index >= 15 is 0 Å². The van der Waals surface area contributed by atoms with Crippen LogP contribution in [0.25, 0.3) is 22.5 Å². The number of aromatic nitrogens is 4. The number of nitrogens with one attached hydrogen (secondary N) is 1. The minimum Gasteiger partial charge on any atom is -0.462 e. The molecule has 1 aliphatic rings. The van der Waals surface area contributed by atoms with Crippen LogP contribution in [0.5, 0.6) is 5.75 Å². The maximum absolute atomic E-state index is 10.1. The maximum Gasteiger partial charge on any atom is 0.229 e. The molecule has 5 atom stereocenters. The molecule has 2 aromatic carbocycles. The summed E-state index contributed by atoms with van der Waals surface area (Å²) >= 11 is 0. The Morgan fingerprint density at radius 1 is 0.862 bits per heavy atom. The molecule has 0 spiro atoms. The normalized spacial score (nSPS) is 27.0. The van der Waals surface area contributed by atoms with Crippen molar-refractivity contribution in [3.8, 4) is 28.3 Å². The molecule has 0 saturated carbocycles. The third kappa shape index (κ3) is 3.97. The van der Waals surface area contributed by atoms with Crippen LogP contribution in [0.4, 0.5) is 0 Å². The minimum atomic E-state index is -1.48. The van der Waals surface area contributed by atoms with Crippen molar-refractivity contribution in [1.82, 2.24) is 20.6 Å². The summed E-state index contributed by atoms with van der Waals surface area (Å²) in [6.45, 7) is -0.510. The van der Waals surface area contributed by atoms with Crippen molar-refractivity contribution in [1.29, 1.82) is 0 Å². The van der Waals surface area contributed by atoms with Gasteiger partial charge in [0.2, 0.25) is 12.1 Å². The fourth-order valence-corrected chi connectivity index (χ4v) is 3.12. The largest absolute Gasteiger partial charge is 0.462 e. The fraction of sp³-hybridized carbons (Fsp3) is 0.316. The number of nitrogens with zero attached hydrogens (tertiary/aromatic N) is 3. The monoisotopic (exact) mass is 400 g/mol. The van der Waals surface area contributed by atoms with E-state index in [1.165, 1.54) is 0 Å². The van der Waals surface area contributed by atoms with Crippen molar-refractivity contribution < 1.29 is 29.9 Å². The summed E-state index contributed by atoms with van der Waals surface area (Å²) in [5, 5.41) is 52.8. The highest BCUT2D eigenvalue weighted by Crippen LogP contribution is 2.27. The predicted octanol–water partition coefficient (Wildman–Crippen LogP) is -0.288. The molecule has 152 valence electrons. The van der Waals surface area contributed by atoms with Gasteiger partial charge in [-0.2, -0.15) is 5.21 Å². The number of hydrogen-bond donors (Lipinski definition) is 5. The molecule has 4 rings (SSSR count). The Balaban J connectivity index is 1.45. The van der Waals surface area contributed by atoms with Crippen LogP contribution < -0.4 is 4.74 Å². The second kappa shape index (κ2) is 8.23. The maximum atomic E-state index is 10.1. The van der Waals surface area contributed by atoms with Crippen LogP contribution in [-0.2, 0) is 4.74 Å². The first-order chi connectivity index (χ1) is 14.1. The summed E-state index contributed by atoms with van der Waals surface area (Å²) in [5.74, 6) is 0.918. The highest BCUT2D eigenvalue weighted by Gasteiger charge is 2.44. The average molecular weight is 400 g/mol. The SMILES string of the molecule is OCC1O[C@H](Oc2ccc(-c3ccc(-c4nn[nH]n4)cc3)cc2)C(O)[C@@H](O)[C@@H]1O. The standard InChI is InChI=1S/C19H20N4O6/c24-9-14-15(25)16(26)17(27)19(29-14)28-13-7-5-11(6-8-13)10-1-3-12(4-2-10)18-20-22-23-21-18/h1-8,14-17,19,24-27H,9H2,(H,20,21,22,23)/t14?,15-,16+,17?,19+/m1/s1. The topological polar surface area (TPSA) is 154 Å². The number of H-pyrrole nitrogens is 1. The lowest BCUT2D eigenvalue weighted by Gasteiger charge is -2.39. The van der Waals surface area contributed by atoms with Gasteiger partial charge in [0.1, 0.15) is 30.2 Å². The van der Waals surface area contributed by atoms with Gasteiger partial charge in [-0.1, -0.05) is 36.4 Å². The van der Waals surface area contributed by atoms with E-state index in [1.54, 1.807) is 12.1 Å². The van der Waals surface area contributed by atoms with E-state index in [0.717, 1.165) is 16.7 Å². The summed E-state index contributed by atoms with van der Waals surface area (Å²) in [6, 6.07) is 14.7. The second-order valence-corrected chi connectivity index (χ2v) is 6.65. The third-order valence-corrected chi connectivity index (χ3v) is 4.78. The van der Waals surface area contributed by atoms with E-state index in [-0.39, 0.29) is 0 Å². The van der Waals surface area contributed by atoms with Crippen LogP contribution in [-0.4, -0.2) is 78.4 Å². The molecule has 2 unspecified atom stereocenters. The molecular weight excluding hydrogens is 380 g/mol. The molecule has 1 aromatic heterocycles. The molecule has 0 aliphatic carbocycles. The van der Waals surface area contributed by atoms with Gasteiger partial charge in [-0.15, -0.1) is 10.2 Å². The zero-order chi connectivity index (χ0) is 20.4. The van der Waals surface area contributed by atoms with Crippen molar-refractivity contribution in [2.75, 3.05) is 6.61 Å². The first-order valence-corrected chi connectivity index (χ1v) is 8.98. The van der Waals surface area contributed by atoms with Crippen LogP contribution in [0.15, 0.2) is 48.5 Å². The number of aromatic amines is 1. The van der Waals surface area contributed by atoms with Gasteiger partial charge >= 0.3 is 0 Å². The quantitative estimate of drug-likeness (QED) is 0.389. The summed E-state index contributed by atoms with van der Waals surface area (Å²) in [4.78, 5) is 0. The highest BCUT2D eigenvalue weighted by molar-refractivity contribution is 5.68. The molecule has 1 saturated heterocycles. The molecular formula is C19H20N4O6. The highest BCUT2D eigenvalue weighted by atomic mass is 16.7. The van der Waals surface area contributed by atoms with Crippen LogP contribution in [0.3, 0.4) is 0 Å². The molecule has 10 heteroatoms. The summed E-state index contributed by atoms with van der Waals surface area (Å²) in [5.41, 5.74) is 2.74. The molecule has 0 radical (unpaired) electrons. The molecule has 1 fully saturated rings. The van der Waals surface area contributed by atoms with Gasteiger partial charge in [-0.25, -0.2) is 0 Å². The smallest absolute Gasteiger partial charge is 0.229 e. The first-order valence-electron chi connectivity index (χ1n) is 8.98. The molecule has 1 aliphatic heterocycles. The van der Waals surface area contributed by atoms with Crippen LogP contribution >= 0.6 is 0 Å². The van der Waals surface area contributed by atoms with Gasteiger partial charge < -0.3 is 29.9 Å². The Kier molecular flexibility index (Phi) is 5.51. The number of ether oxygens (including phenoxy) is 2. The lowest BCUT2D eigenvalue weighted by molar-refractivity contribution is -0.277. The van der Waals surface area contributed by atoms with Gasteiger partial charge in [-0.3, -0.25) is 0 Å². The molecule has 5 N–H and O–H groups in total. The van der Waals surface area contributed by atoms with E-state index < -0.39 is 37.3 Å². The zero-order valence-electron chi connectivity index (χ0n) is 15.2. The fourth-order valence-electron chi connectivity index (χ4n) is 3.12. The van der Waals surface area contributed by atoms with E-state index in [2.05, 4.69) is 20.6 Å². The molecule has 10 nitrogen and oxygen atoms in total. The van der Waals surface area contributed by atoms with Crippen molar-refractivity contribution in [2.45, 2.75) is 30.7 Å². The lowest BCUT2D eigenvalue weighted by Crippen LogP contribution is -2.60. The molecule has 2 heterocycles. The van der Waals surface area contributed by atoms with E-state index in [4.69, 9.17) is 9.47 Å². The van der Waals surface area contributed by atoms with Gasteiger partial charge in [0, 0.05) is 5.56 Å². The molecule has 29 heavy (non-hydrogen) atoms. The third-order valence-electron chi connectivity index (χ3n) is 4.78. The second-order valence-electron chi connectivity index (χ2n) is 6.65. The molecule has 0 bridgehead atoms. The zero-order valence-corrected chi connectivity index (χ0v) is 15.2. The Bertz CT molecular complexity index is 917. The average Bonchev–Trinajstić information content (AvgIpc) is 3.30. The Hall–Kier alpha value is -2.89. The number of tetrazole rings is 1. The Morgan fingerprint density at radius 2 is 1.48 bits per heavy atom. The van der Waals surface area contributed by atoms with Crippen molar-refractivity contribution in [3.05, 3.63) is 48.5 Å². The summed E-state index contributed by atoms with van der Waals surface area (Å²) < 4.78 is 10.9. The Morgan fingerprint density at radius 3 is 2.07 bits per heavy atom. The van der Waals surface area contributed by atoms with Crippen LogP contribution in [0, 0.1) is 0 Å². The number of aliphatic hydroxyl groups is 4. The van der Waals surface area contributed by atoms with Gasteiger partial charge in [0.15, 0.2) is 0 Å². The van der Waals surface area contributed by atoms with E-state index in [9.17, 15) is 20.4 Å². The van der Waals surface area contributed by atoms with Crippen molar-refractivity contribution in [2.24, 2.45) is 0 Å².